The van der Waals surface area contributed by atoms with Crippen molar-refractivity contribution in [3.8, 4) is 5.88 Å². The van der Waals surface area contributed by atoms with E-state index in [2.05, 4.69) is 11.9 Å². The molecular formula is C19H20FN3OS. The van der Waals surface area contributed by atoms with Crippen LogP contribution in [-0.4, -0.2) is 23.0 Å². The normalized spacial score (nSPS) is 27.9. The number of aromatic nitrogens is 1. The summed E-state index contributed by atoms with van der Waals surface area (Å²) in [5, 5.41) is 0.507. The van der Waals surface area contributed by atoms with Gasteiger partial charge in [-0.25, -0.2) is 9.37 Å². The summed E-state index contributed by atoms with van der Waals surface area (Å²) in [7, 11) is 1.61. The standard InChI is InChI=1S/C19H20FN3OS/c1-18-9-12-7-8-22-16(24-2)13(12)10-19(18,23-17(21)25-11-18)14-5-3-4-6-15(14)20/h3-8H,9-11H2,1-2H3,(H2,21,23)/t18-,19+/m1/s1. The summed E-state index contributed by atoms with van der Waals surface area (Å²) in [5.74, 6) is 1.13. The van der Waals surface area contributed by atoms with Gasteiger partial charge in [-0.2, -0.15) is 0 Å². The lowest BCUT2D eigenvalue weighted by molar-refractivity contribution is 0.146. The van der Waals surface area contributed by atoms with Crippen molar-refractivity contribution < 1.29 is 9.13 Å². The molecule has 6 heteroatoms. The number of nitrogens with zero attached hydrogens (tertiary/aromatic N) is 2. The Morgan fingerprint density at radius 2 is 2.04 bits per heavy atom. The summed E-state index contributed by atoms with van der Waals surface area (Å²) in [6, 6.07) is 8.91. The van der Waals surface area contributed by atoms with Crippen LogP contribution >= 0.6 is 11.8 Å². The smallest absolute Gasteiger partial charge is 0.216 e. The predicted octanol–water partition coefficient (Wildman–Crippen LogP) is 3.29. The number of hydrogen-bond acceptors (Lipinski definition) is 5. The lowest BCUT2D eigenvalue weighted by Crippen LogP contribution is -2.54. The van der Waals surface area contributed by atoms with Gasteiger partial charge in [0.2, 0.25) is 5.88 Å². The second-order valence-corrected chi connectivity index (χ2v) is 7.95. The topological polar surface area (TPSA) is 60.5 Å². The highest BCUT2D eigenvalue weighted by molar-refractivity contribution is 8.13. The molecule has 2 aliphatic rings. The van der Waals surface area contributed by atoms with Gasteiger partial charge < -0.3 is 10.5 Å². The van der Waals surface area contributed by atoms with Crippen LogP contribution in [0.15, 0.2) is 41.5 Å². The Morgan fingerprint density at radius 1 is 1.24 bits per heavy atom. The van der Waals surface area contributed by atoms with Crippen LogP contribution in [0.4, 0.5) is 4.39 Å². The van der Waals surface area contributed by atoms with E-state index in [0.29, 0.717) is 23.0 Å². The molecule has 0 saturated carbocycles. The predicted molar refractivity (Wildman–Crippen MR) is 98.5 cm³/mol. The molecule has 4 nitrogen and oxygen atoms in total. The van der Waals surface area contributed by atoms with Gasteiger partial charge in [0, 0.05) is 34.9 Å². The fourth-order valence-corrected chi connectivity index (χ4v) is 5.18. The molecule has 2 aromatic rings. The average Bonchev–Trinajstić information content (AvgIpc) is 2.60. The van der Waals surface area contributed by atoms with E-state index in [-0.39, 0.29) is 11.2 Å². The molecule has 0 spiro atoms. The van der Waals surface area contributed by atoms with Crippen molar-refractivity contribution in [3.63, 3.8) is 0 Å². The quantitative estimate of drug-likeness (QED) is 0.896. The van der Waals surface area contributed by atoms with Crippen LogP contribution in [0.5, 0.6) is 5.88 Å². The van der Waals surface area contributed by atoms with Crippen LogP contribution in [0.25, 0.3) is 0 Å². The number of halogens is 1. The average molecular weight is 357 g/mol. The summed E-state index contributed by atoms with van der Waals surface area (Å²) in [6.45, 7) is 2.18. The number of nitrogens with two attached hydrogens (primary N) is 1. The van der Waals surface area contributed by atoms with Crippen LogP contribution in [-0.2, 0) is 18.4 Å². The molecule has 4 rings (SSSR count). The third-order valence-electron chi connectivity index (χ3n) is 5.48. The van der Waals surface area contributed by atoms with Crippen LogP contribution in [0.3, 0.4) is 0 Å². The Balaban J connectivity index is 2.00. The van der Waals surface area contributed by atoms with Crippen molar-refractivity contribution >= 4 is 16.9 Å². The van der Waals surface area contributed by atoms with Gasteiger partial charge >= 0.3 is 0 Å². The molecule has 2 heterocycles. The minimum atomic E-state index is -0.753. The molecule has 0 bridgehead atoms. The highest BCUT2D eigenvalue weighted by Gasteiger charge is 2.56. The third kappa shape index (κ3) is 2.34. The molecule has 1 aliphatic carbocycles. The number of rotatable bonds is 2. The molecule has 0 amide bonds. The number of amidine groups is 1. The van der Waals surface area contributed by atoms with Crippen LogP contribution in [0.1, 0.15) is 23.6 Å². The van der Waals surface area contributed by atoms with Crippen LogP contribution in [0, 0.1) is 11.2 Å². The largest absolute Gasteiger partial charge is 0.481 e. The second-order valence-electron chi connectivity index (χ2n) is 6.95. The summed E-state index contributed by atoms with van der Waals surface area (Å²) in [5.41, 5.74) is 7.89. The van der Waals surface area contributed by atoms with Gasteiger partial charge in [-0.15, -0.1) is 0 Å². The highest BCUT2D eigenvalue weighted by atomic mass is 32.2. The van der Waals surface area contributed by atoms with Crippen molar-refractivity contribution in [2.24, 2.45) is 16.1 Å². The molecule has 130 valence electrons. The summed E-state index contributed by atoms with van der Waals surface area (Å²) in [4.78, 5) is 9.18. The first-order valence-corrected chi connectivity index (χ1v) is 9.21. The first kappa shape index (κ1) is 16.4. The van der Waals surface area contributed by atoms with E-state index in [1.54, 1.807) is 31.1 Å². The number of hydrogen-bond donors (Lipinski definition) is 1. The second kappa shape index (κ2) is 5.73. The Bertz CT molecular complexity index is 871. The number of aliphatic imine (C=N–C) groups is 1. The van der Waals surface area contributed by atoms with E-state index < -0.39 is 5.54 Å². The number of ether oxygens (including phenoxy) is 1. The van der Waals surface area contributed by atoms with Crippen LogP contribution < -0.4 is 10.5 Å². The Morgan fingerprint density at radius 3 is 2.80 bits per heavy atom. The molecule has 25 heavy (non-hydrogen) atoms. The fourth-order valence-electron chi connectivity index (χ4n) is 4.15. The van der Waals surface area contributed by atoms with Gasteiger partial charge in [0.1, 0.15) is 11.4 Å². The van der Waals surface area contributed by atoms with E-state index in [1.807, 2.05) is 18.2 Å². The molecule has 2 N–H and O–H groups in total. The maximum atomic E-state index is 14.8. The van der Waals surface area contributed by atoms with E-state index in [9.17, 15) is 4.39 Å². The van der Waals surface area contributed by atoms with Gasteiger partial charge in [-0.1, -0.05) is 36.9 Å². The monoisotopic (exact) mass is 357 g/mol. The van der Waals surface area contributed by atoms with Crippen molar-refractivity contribution in [1.82, 2.24) is 4.98 Å². The summed E-state index contributed by atoms with van der Waals surface area (Å²) < 4.78 is 20.3. The number of pyridine rings is 1. The lowest BCUT2D eigenvalue weighted by Gasteiger charge is -2.52. The Hall–Kier alpha value is -2.08. The van der Waals surface area contributed by atoms with Gasteiger partial charge in [0.25, 0.3) is 0 Å². The zero-order valence-electron chi connectivity index (χ0n) is 14.3. The summed E-state index contributed by atoms with van der Waals surface area (Å²) >= 11 is 1.54. The maximum Gasteiger partial charge on any atom is 0.216 e. The first-order chi connectivity index (χ1) is 12.0. The molecule has 0 unspecified atom stereocenters. The molecule has 1 aliphatic heterocycles. The fraction of sp³-hybridized carbons (Fsp3) is 0.368. The third-order valence-corrected chi connectivity index (χ3v) is 6.65. The number of fused-ring (bicyclic) bond motifs is 2. The minimum Gasteiger partial charge on any atom is -0.481 e. The minimum absolute atomic E-state index is 0.247. The van der Waals surface area contributed by atoms with Crippen molar-refractivity contribution in [2.75, 3.05) is 12.9 Å². The number of thioether (sulfide) groups is 1. The van der Waals surface area contributed by atoms with Gasteiger partial charge in [0.15, 0.2) is 5.17 Å². The molecule has 0 saturated heterocycles. The molecule has 1 aromatic heterocycles. The molecule has 2 atom stereocenters. The highest BCUT2D eigenvalue weighted by Crippen LogP contribution is 2.56. The Labute approximate surface area is 150 Å². The van der Waals surface area contributed by atoms with Crippen molar-refractivity contribution in [1.29, 1.82) is 0 Å². The molecular weight excluding hydrogens is 337 g/mol. The van der Waals surface area contributed by atoms with Gasteiger partial charge in [-0.3, -0.25) is 4.99 Å². The maximum absolute atomic E-state index is 14.8. The molecule has 0 radical (unpaired) electrons. The zero-order chi connectivity index (χ0) is 17.7. The van der Waals surface area contributed by atoms with Crippen LogP contribution in [0.2, 0.25) is 0 Å². The molecule has 1 aromatic carbocycles. The summed E-state index contributed by atoms with van der Waals surface area (Å²) in [6.07, 6.45) is 3.07. The van der Waals surface area contributed by atoms with Gasteiger partial charge in [-0.05, 0) is 24.1 Å². The van der Waals surface area contributed by atoms with E-state index >= 15 is 0 Å². The van der Waals surface area contributed by atoms with Crippen molar-refractivity contribution in [3.05, 3.63) is 59.0 Å². The van der Waals surface area contributed by atoms with E-state index in [4.69, 9.17) is 15.5 Å². The van der Waals surface area contributed by atoms with Gasteiger partial charge in [0.05, 0.1) is 7.11 Å². The Kier molecular flexibility index (Phi) is 3.76. The van der Waals surface area contributed by atoms with E-state index in [0.717, 1.165) is 17.7 Å². The first-order valence-electron chi connectivity index (χ1n) is 8.23. The number of benzene rings is 1. The molecule has 0 fully saturated rings. The van der Waals surface area contributed by atoms with E-state index in [1.165, 1.54) is 11.6 Å². The van der Waals surface area contributed by atoms with Crippen molar-refractivity contribution in [2.45, 2.75) is 25.3 Å². The number of methoxy groups -OCH3 is 1. The lowest BCUT2D eigenvalue weighted by atomic mass is 9.59. The SMILES string of the molecule is COc1nccc2c1C[C@@]1(c3ccccc3F)N=C(N)SC[C@@]1(C)C2. The zero-order valence-corrected chi connectivity index (χ0v) is 15.1.